The molecule has 108 valence electrons. The van der Waals surface area contributed by atoms with Gasteiger partial charge in [-0.25, -0.2) is 0 Å². The zero-order valence-electron chi connectivity index (χ0n) is 12.0. The van der Waals surface area contributed by atoms with Crippen molar-refractivity contribution in [3.63, 3.8) is 0 Å². The molecule has 0 saturated carbocycles. The predicted molar refractivity (Wildman–Crippen MR) is 76.9 cm³/mol. The Morgan fingerprint density at radius 1 is 1.21 bits per heavy atom. The number of hydrogen-bond acceptors (Lipinski definition) is 2. The van der Waals surface area contributed by atoms with Gasteiger partial charge in [0.05, 0.1) is 6.54 Å². The van der Waals surface area contributed by atoms with Crippen molar-refractivity contribution in [2.24, 2.45) is 16.6 Å². The molecule has 5 heteroatoms. The third kappa shape index (κ3) is 4.11. The lowest BCUT2D eigenvalue weighted by Crippen LogP contribution is -2.43. The first kappa shape index (κ1) is 14.2. The maximum Gasteiger partial charge on any atom is 0.224 e. The van der Waals surface area contributed by atoms with Gasteiger partial charge in [0.1, 0.15) is 0 Å². The van der Waals surface area contributed by atoms with Gasteiger partial charge in [-0.15, -0.1) is 0 Å². The van der Waals surface area contributed by atoms with E-state index in [0.717, 1.165) is 39.0 Å². The van der Waals surface area contributed by atoms with Gasteiger partial charge in [0, 0.05) is 32.6 Å². The quantitative estimate of drug-likeness (QED) is 0.613. The van der Waals surface area contributed by atoms with E-state index in [9.17, 15) is 4.79 Å². The van der Waals surface area contributed by atoms with E-state index >= 15 is 0 Å². The maximum absolute atomic E-state index is 11.9. The smallest absolute Gasteiger partial charge is 0.224 e. The van der Waals surface area contributed by atoms with Crippen LogP contribution < -0.4 is 5.73 Å². The molecule has 19 heavy (non-hydrogen) atoms. The van der Waals surface area contributed by atoms with Crippen LogP contribution in [0, 0.1) is 5.92 Å². The number of likely N-dealkylation sites (tertiary alicyclic amines) is 2. The third-order valence-electron chi connectivity index (χ3n) is 4.04. The summed E-state index contributed by atoms with van der Waals surface area (Å²) in [6.45, 7) is 6.60. The summed E-state index contributed by atoms with van der Waals surface area (Å²) in [5.41, 5.74) is 6.00. The van der Waals surface area contributed by atoms with Crippen molar-refractivity contribution < 1.29 is 4.79 Å². The molecule has 1 amide bonds. The van der Waals surface area contributed by atoms with E-state index in [0.29, 0.717) is 24.8 Å². The highest BCUT2D eigenvalue weighted by molar-refractivity contribution is 5.79. The molecule has 0 spiro atoms. The molecule has 2 N–H and O–H groups in total. The average Bonchev–Trinajstić information content (AvgIpc) is 2.92. The molecule has 2 rings (SSSR count). The van der Waals surface area contributed by atoms with Crippen LogP contribution in [0.15, 0.2) is 4.99 Å². The Morgan fingerprint density at radius 2 is 1.89 bits per heavy atom. The van der Waals surface area contributed by atoms with Crippen LogP contribution in [0.3, 0.4) is 0 Å². The molecule has 2 aliphatic heterocycles. The van der Waals surface area contributed by atoms with Crippen LogP contribution in [-0.2, 0) is 4.79 Å². The minimum absolute atomic E-state index is 0.223. The van der Waals surface area contributed by atoms with Crippen molar-refractivity contribution >= 4 is 11.9 Å². The molecule has 1 atom stereocenters. The van der Waals surface area contributed by atoms with E-state index < -0.39 is 0 Å². The van der Waals surface area contributed by atoms with Gasteiger partial charge in [0.15, 0.2) is 5.96 Å². The Balaban J connectivity index is 1.73. The van der Waals surface area contributed by atoms with Gasteiger partial charge in [-0.2, -0.15) is 0 Å². The molecule has 0 radical (unpaired) electrons. The van der Waals surface area contributed by atoms with Crippen molar-refractivity contribution in [2.45, 2.75) is 39.0 Å². The molecule has 2 aliphatic rings. The molecule has 0 aromatic heterocycles. The Labute approximate surface area is 115 Å². The topological polar surface area (TPSA) is 61.9 Å². The monoisotopic (exact) mass is 266 g/mol. The number of carbonyl (C=O) groups is 1. The average molecular weight is 266 g/mol. The first-order valence-corrected chi connectivity index (χ1v) is 7.49. The molecular weight excluding hydrogens is 240 g/mol. The van der Waals surface area contributed by atoms with Gasteiger partial charge >= 0.3 is 0 Å². The number of piperidine rings is 1. The third-order valence-corrected chi connectivity index (χ3v) is 4.04. The van der Waals surface area contributed by atoms with E-state index in [-0.39, 0.29) is 5.91 Å². The zero-order valence-corrected chi connectivity index (χ0v) is 12.0. The first-order chi connectivity index (χ1) is 9.16. The molecule has 2 saturated heterocycles. The largest absolute Gasteiger partial charge is 0.370 e. The number of amides is 1. The molecular formula is C14H26N4O. The second-order valence-corrected chi connectivity index (χ2v) is 5.77. The SMILES string of the molecule is CC1CCCN(C(N)=NCCC(=O)N2CCCC2)C1. The van der Waals surface area contributed by atoms with Crippen LogP contribution in [0.4, 0.5) is 0 Å². The zero-order chi connectivity index (χ0) is 13.7. The first-order valence-electron chi connectivity index (χ1n) is 7.49. The van der Waals surface area contributed by atoms with E-state index in [1.165, 1.54) is 12.8 Å². The van der Waals surface area contributed by atoms with Gasteiger partial charge in [-0.1, -0.05) is 6.92 Å². The van der Waals surface area contributed by atoms with Crippen LogP contribution in [0.5, 0.6) is 0 Å². The minimum Gasteiger partial charge on any atom is -0.370 e. The fourth-order valence-corrected chi connectivity index (χ4v) is 2.89. The number of rotatable bonds is 3. The van der Waals surface area contributed by atoms with Crippen LogP contribution in [0.2, 0.25) is 0 Å². The second kappa shape index (κ2) is 6.78. The Bertz CT molecular complexity index is 336. The predicted octanol–water partition coefficient (Wildman–Crippen LogP) is 1.05. The Kier molecular flexibility index (Phi) is 5.05. The minimum atomic E-state index is 0.223. The summed E-state index contributed by atoms with van der Waals surface area (Å²) in [6, 6.07) is 0. The van der Waals surface area contributed by atoms with Crippen molar-refractivity contribution in [3.05, 3.63) is 0 Å². The molecule has 0 aromatic rings. The van der Waals surface area contributed by atoms with Crippen molar-refractivity contribution in [1.29, 1.82) is 0 Å². The number of nitrogens with two attached hydrogens (primary N) is 1. The van der Waals surface area contributed by atoms with Gasteiger partial charge in [0.25, 0.3) is 0 Å². The highest BCUT2D eigenvalue weighted by Gasteiger charge is 2.19. The van der Waals surface area contributed by atoms with Crippen molar-refractivity contribution in [1.82, 2.24) is 9.80 Å². The van der Waals surface area contributed by atoms with Crippen LogP contribution >= 0.6 is 0 Å². The molecule has 0 aliphatic carbocycles. The fraction of sp³-hybridized carbons (Fsp3) is 0.857. The molecule has 5 nitrogen and oxygen atoms in total. The van der Waals surface area contributed by atoms with E-state index in [1.807, 2.05) is 4.90 Å². The summed E-state index contributed by atoms with van der Waals surface area (Å²) in [5.74, 6) is 1.52. The van der Waals surface area contributed by atoms with Gasteiger partial charge in [0.2, 0.25) is 5.91 Å². The van der Waals surface area contributed by atoms with Crippen molar-refractivity contribution in [2.75, 3.05) is 32.7 Å². The van der Waals surface area contributed by atoms with Crippen LogP contribution in [-0.4, -0.2) is 54.4 Å². The van der Waals surface area contributed by atoms with Crippen molar-refractivity contribution in [3.8, 4) is 0 Å². The van der Waals surface area contributed by atoms with Gasteiger partial charge in [-0.05, 0) is 31.6 Å². The highest BCUT2D eigenvalue weighted by Crippen LogP contribution is 2.15. The Hall–Kier alpha value is -1.26. The molecule has 2 fully saturated rings. The highest BCUT2D eigenvalue weighted by atomic mass is 16.2. The summed E-state index contributed by atoms with van der Waals surface area (Å²) in [7, 11) is 0. The number of aliphatic imine (C=N–C) groups is 1. The number of hydrogen-bond donors (Lipinski definition) is 1. The molecule has 2 heterocycles. The standard InChI is InChI=1S/C14H26N4O/c1-12-5-4-10-18(11-12)14(15)16-7-6-13(19)17-8-2-3-9-17/h12H,2-11H2,1H3,(H2,15,16). The number of guanidine groups is 1. The summed E-state index contributed by atoms with van der Waals surface area (Å²) < 4.78 is 0. The lowest BCUT2D eigenvalue weighted by Gasteiger charge is -2.31. The summed E-state index contributed by atoms with van der Waals surface area (Å²) >= 11 is 0. The summed E-state index contributed by atoms with van der Waals surface area (Å²) in [6.07, 6.45) is 5.23. The van der Waals surface area contributed by atoms with Crippen LogP contribution in [0.1, 0.15) is 39.0 Å². The maximum atomic E-state index is 11.9. The lowest BCUT2D eigenvalue weighted by molar-refractivity contribution is -0.129. The second-order valence-electron chi connectivity index (χ2n) is 5.77. The fourth-order valence-electron chi connectivity index (χ4n) is 2.89. The van der Waals surface area contributed by atoms with Gasteiger partial charge < -0.3 is 15.5 Å². The van der Waals surface area contributed by atoms with Crippen LogP contribution in [0.25, 0.3) is 0 Å². The van der Waals surface area contributed by atoms with Gasteiger partial charge in [-0.3, -0.25) is 9.79 Å². The van der Waals surface area contributed by atoms with E-state index in [4.69, 9.17) is 5.73 Å². The number of carbonyl (C=O) groups excluding carboxylic acids is 1. The molecule has 0 bridgehead atoms. The van der Waals surface area contributed by atoms with E-state index in [1.54, 1.807) is 0 Å². The summed E-state index contributed by atoms with van der Waals surface area (Å²) in [4.78, 5) is 20.3. The lowest BCUT2D eigenvalue weighted by atomic mass is 10.0. The normalized spacial score (nSPS) is 24.9. The summed E-state index contributed by atoms with van der Waals surface area (Å²) in [5, 5.41) is 0. The molecule has 0 aromatic carbocycles. The number of nitrogens with zero attached hydrogens (tertiary/aromatic N) is 3. The molecule has 1 unspecified atom stereocenters. The Morgan fingerprint density at radius 3 is 2.58 bits per heavy atom. The van der Waals surface area contributed by atoms with E-state index in [2.05, 4.69) is 16.8 Å².